The van der Waals surface area contributed by atoms with Crippen molar-refractivity contribution in [2.45, 2.75) is 13.0 Å². The van der Waals surface area contributed by atoms with Gasteiger partial charge in [0.2, 0.25) is 5.95 Å². The molecule has 1 amide bonds. The average molecular weight is 460 g/mol. The molecule has 6 rings (SSSR count). The number of carbonyl (C=O) groups excluding carboxylic acids is 2. The number of nitrogens with one attached hydrogen (secondary N) is 1. The molecule has 0 spiro atoms. The number of aromatic amines is 1. The molecule has 0 aliphatic carbocycles. The average Bonchev–Trinajstić information content (AvgIpc) is 3.41. The Labute approximate surface area is 201 Å². The molecule has 6 nitrogen and oxygen atoms in total. The van der Waals surface area contributed by atoms with Crippen molar-refractivity contribution in [2.24, 2.45) is 0 Å². The van der Waals surface area contributed by atoms with Crippen LogP contribution in [0, 0.1) is 6.92 Å². The smallest absolute Gasteiger partial charge is 0.302 e. The third-order valence-electron chi connectivity index (χ3n) is 6.45. The number of imidazole rings is 1. The lowest BCUT2D eigenvalue weighted by Gasteiger charge is -2.23. The van der Waals surface area contributed by atoms with Gasteiger partial charge in [-0.15, -0.1) is 0 Å². The standard InChI is InChI=1S/C29H21N3O3/c1-17-8-6-11-19(16-17)25-24(26(33)21-13-7-10-18-9-2-3-12-20(18)21)27(34)28(35)32(25)29-30-22-14-4-5-15-23(22)31-29/h2-16,25,33H,1H3,(H,30,31)/b26-24+. The van der Waals surface area contributed by atoms with Crippen LogP contribution in [0.25, 0.3) is 27.6 Å². The summed E-state index contributed by atoms with van der Waals surface area (Å²) in [4.78, 5) is 36.0. The molecule has 1 aliphatic rings. The highest BCUT2D eigenvalue weighted by atomic mass is 16.3. The Kier molecular flexibility index (Phi) is 4.74. The lowest BCUT2D eigenvalue weighted by molar-refractivity contribution is -0.132. The Morgan fingerprint density at radius 2 is 1.66 bits per heavy atom. The highest BCUT2D eigenvalue weighted by Gasteiger charge is 2.48. The van der Waals surface area contributed by atoms with Crippen molar-refractivity contribution in [1.82, 2.24) is 9.97 Å². The van der Waals surface area contributed by atoms with E-state index in [9.17, 15) is 14.7 Å². The van der Waals surface area contributed by atoms with Gasteiger partial charge in [0.05, 0.1) is 22.6 Å². The normalized spacial score (nSPS) is 17.5. The molecule has 4 aromatic carbocycles. The van der Waals surface area contributed by atoms with Gasteiger partial charge in [0.15, 0.2) is 0 Å². The molecule has 6 heteroatoms. The van der Waals surface area contributed by atoms with Gasteiger partial charge in [-0.05, 0) is 35.4 Å². The molecule has 1 unspecified atom stereocenters. The molecule has 1 aromatic heterocycles. The Morgan fingerprint density at radius 3 is 2.49 bits per heavy atom. The Bertz CT molecular complexity index is 1640. The number of Topliss-reactive ketones (excluding diaryl/α,β-unsaturated/α-hetero) is 1. The molecule has 2 N–H and O–H groups in total. The van der Waals surface area contributed by atoms with E-state index in [1.165, 1.54) is 4.90 Å². The molecule has 5 aromatic rings. The van der Waals surface area contributed by atoms with E-state index in [4.69, 9.17) is 0 Å². The first-order chi connectivity index (χ1) is 17.0. The number of ketones is 1. The maximum absolute atomic E-state index is 13.5. The van der Waals surface area contributed by atoms with Gasteiger partial charge in [0.1, 0.15) is 5.76 Å². The fourth-order valence-corrected chi connectivity index (χ4v) is 4.84. The van der Waals surface area contributed by atoms with Gasteiger partial charge in [-0.2, -0.15) is 0 Å². The van der Waals surface area contributed by atoms with Crippen LogP contribution in [-0.2, 0) is 9.59 Å². The van der Waals surface area contributed by atoms with Gasteiger partial charge in [-0.1, -0.05) is 84.4 Å². The number of hydrogen-bond acceptors (Lipinski definition) is 4. The highest BCUT2D eigenvalue weighted by molar-refractivity contribution is 6.51. The third-order valence-corrected chi connectivity index (χ3v) is 6.45. The van der Waals surface area contributed by atoms with Crippen LogP contribution in [0.1, 0.15) is 22.7 Å². The van der Waals surface area contributed by atoms with E-state index in [0.717, 1.165) is 21.9 Å². The largest absolute Gasteiger partial charge is 0.507 e. The van der Waals surface area contributed by atoms with Gasteiger partial charge in [0.25, 0.3) is 5.78 Å². The molecule has 2 heterocycles. The predicted octanol–water partition coefficient (Wildman–Crippen LogP) is 5.65. The minimum atomic E-state index is -0.838. The number of rotatable bonds is 3. The number of H-pyrrole nitrogens is 1. The number of hydrogen-bond donors (Lipinski definition) is 2. The molecule has 35 heavy (non-hydrogen) atoms. The zero-order valence-electron chi connectivity index (χ0n) is 18.9. The van der Waals surface area contributed by atoms with Crippen LogP contribution >= 0.6 is 0 Å². The molecule has 1 saturated heterocycles. The Morgan fingerprint density at radius 1 is 0.914 bits per heavy atom. The molecular formula is C29H21N3O3. The second-order valence-corrected chi connectivity index (χ2v) is 8.69. The summed E-state index contributed by atoms with van der Waals surface area (Å²) in [6.07, 6.45) is 0. The first kappa shape index (κ1) is 20.9. The second-order valence-electron chi connectivity index (χ2n) is 8.69. The number of fused-ring (bicyclic) bond motifs is 2. The molecule has 1 aliphatic heterocycles. The minimum absolute atomic E-state index is 0.0393. The topological polar surface area (TPSA) is 86.3 Å². The van der Waals surface area contributed by atoms with E-state index in [1.807, 2.05) is 91.9 Å². The quantitative estimate of drug-likeness (QED) is 0.207. The van der Waals surface area contributed by atoms with Crippen molar-refractivity contribution < 1.29 is 14.7 Å². The van der Waals surface area contributed by atoms with Crippen LogP contribution in [-0.4, -0.2) is 26.8 Å². The fourth-order valence-electron chi connectivity index (χ4n) is 4.84. The van der Waals surface area contributed by atoms with Crippen LogP contribution < -0.4 is 4.90 Å². The summed E-state index contributed by atoms with van der Waals surface area (Å²) < 4.78 is 0. The molecule has 0 bridgehead atoms. The summed E-state index contributed by atoms with van der Waals surface area (Å²) in [7, 11) is 0. The van der Waals surface area contributed by atoms with Crippen molar-refractivity contribution in [2.75, 3.05) is 4.90 Å². The van der Waals surface area contributed by atoms with Gasteiger partial charge < -0.3 is 10.1 Å². The number of aromatic nitrogens is 2. The fraction of sp³-hybridized carbons (Fsp3) is 0.0690. The van der Waals surface area contributed by atoms with Crippen LogP contribution in [0.15, 0.2) is 96.6 Å². The summed E-state index contributed by atoms with van der Waals surface area (Å²) in [5, 5.41) is 13.3. The van der Waals surface area contributed by atoms with Crippen molar-refractivity contribution in [3.63, 3.8) is 0 Å². The maximum atomic E-state index is 13.5. The van der Waals surface area contributed by atoms with E-state index in [0.29, 0.717) is 16.6 Å². The van der Waals surface area contributed by atoms with Crippen LogP contribution in [0.3, 0.4) is 0 Å². The minimum Gasteiger partial charge on any atom is -0.507 e. The zero-order chi connectivity index (χ0) is 24.1. The van der Waals surface area contributed by atoms with E-state index in [1.54, 1.807) is 6.07 Å². The Balaban J connectivity index is 1.62. The molecule has 170 valence electrons. The monoisotopic (exact) mass is 459 g/mol. The third kappa shape index (κ3) is 3.30. The summed E-state index contributed by atoms with van der Waals surface area (Å²) in [6.45, 7) is 1.95. The number of para-hydroxylation sites is 2. The highest BCUT2D eigenvalue weighted by Crippen LogP contribution is 2.42. The lowest BCUT2D eigenvalue weighted by Crippen LogP contribution is -2.30. The molecule has 0 saturated carbocycles. The summed E-state index contributed by atoms with van der Waals surface area (Å²) in [5.74, 6) is -1.43. The number of carbonyl (C=O) groups is 2. The number of anilines is 1. The number of aliphatic hydroxyl groups is 1. The van der Waals surface area contributed by atoms with E-state index < -0.39 is 17.7 Å². The van der Waals surface area contributed by atoms with Gasteiger partial charge >= 0.3 is 5.91 Å². The van der Waals surface area contributed by atoms with Crippen LogP contribution in [0.2, 0.25) is 0 Å². The maximum Gasteiger partial charge on any atom is 0.302 e. The second kappa shape index (κ2) is 7.95. The van der Waals surface area contributed by atoms with Crippen LogP contribution in [0.5, 0.6) is 0 Å². The van der Waals surface area contributed by atoms with Gasteiger partial charge in [-0.25, -0.2) is 4.98 Å². The predicted molar refractivity (Wildman–Crippen MR) is 136 cm³/mol. The van der Waals surface area contributed by atoms with Gasteiger partial charge in [-0.3, -0.25) is 14.5 Å². The summed E-state index contributed by atoms with van der Waals surface area (Å²) >= 11 is 0. The first-order valence-electron chi connectivity index (χ1n) is 11.3. The van der Waals surface area contributed by atoms with Crippen LogP contribution in [0.4, 0.5) is 5.95 Å². The lowest BCUT2D eigenvalue weighted by atomic mass is 9.93. The zero-order valence-corrected chi connectivity index (χ0v) is 18.9. The number of benzene rings is 4. The van der Waals surface area contributed by atoms with E-state index in [2.05, 4.69) is 9.97 Å². The molecular weight excluding hydrogens is 438 g/mol. The number of aliphatic hydroxyl groups excluding tert-OH is 1. The summed E-state index contributed by atoms with van der Waals surface area (Å²) in [6, 6.07) is 27.4. The molecule has 1 fully saturated rings. The van der Waals surface area contributed by atoms with E-state index >= 15 is 0 Å². The number of amides is 1. The molecule has 1 atom stereocenters. The first-order valence-corrected chi connectivity index (χ1v) is 11.3. The van der Waals surface area contributed by atoms with Crippen molar-refractivity contribution in [3.8, 4) is 0 Å². The van der Waals surface area contributed by atoms with Crippen molar-refractivity contribution >= 4 is 45.2 Å². The SMILES string of the molecule is Cc1cccc(C2/C(=C(\O)c3cccc4ccccc34)C(=O)C(=O)N2c2nc3ccccc3[nH]2)c1. The molecule has 0 radical (unpaired) electrons. The van der Waals surface area contributed by atoms with Gasteiger partial charge in [0, 0.05) is 5.56 Å². The Hall–Kier alpha value is -4.71. The van der Waals surface area contributed by atoms with E-state index in [-0.39, 0.29) is 17.3 Å². The number of nitrogens with zero attached hydrogens (tertiary/aromatic N) is 2. The summed E-state index contributed by atoms with van der Waals surface area (Å²) in [5.41, 5.74) is 3.66. The van der Waals surface area contributed by atoms with Crippen molar-refractivity contribution in [1.29, 1.82) is 0 Å². The van der Waals surface area contributed by atoms with Crippen molar-refractivity contribution in [3.05, 3.63) is 113 Å². The number of aryl methyl sites for hydroxylation is 1.